The normalized spacial score (nSPS) is 16.2. The number of nitrogens with two attached hydrogens (primary N) is 1. The molecule has 2 amide bonds. The number of rotatable bonds is 8. The molecule has 0 saturated carbocycles. The lowest BCUT2D eigenvalue weighted by Gasteiger charge is -2.31. The van der Waals surface area contributed by atoms with Crippen LogP contribution in [0, 0.1) is 5.92 Å². The van der Waals surface area contributed by atoms with Gasteiger partial charge in [-0.2, -0.15) is 0 Å². The number of carbonyl (C=O) groups is 2. The second kappa shape index (κ2) is 9.75. The first-order valence-corrected chi connectivity index (χ1v) is 7.94. The zero-order chi connectivity index (χ0) is 14.8. The van der Waals surface area contributed by atoms with Crippen LogP contribution in [-0.2, 0) is 9.59 Å². The minimum Gasteiger partial charge on any atom is -0.356 e. The van der Waals surface area contributed by atoms with E-state index in [0.29, 0.717) is 13.0 Å². The molecule has 0 atom stereocenters. The number of nitrogens with one attached hydrogen (secondary N) is 1. The SMILES string of the molecule is CCNC(=O)C1CCN(C(=O)CCCCCCN)CC1. The van der Waals surface area contributed by atoms with Gasteiger partial charge in [-0.1, -0.05) is 12.8 Å². The maximum absolute atomic E-state index is 12.0. The lowest BCUT2D eigenvalue weighted by atomic mass is 9.95. The van der Waals surface area contributed by atoms with Crippen LogP contribution in [0.4, 0.5) is 0 Å². The molecule has 116 valence electrons. The molecule has 1 aliphatic rings. The number of amides is 2. The molecule has 0 bridgehead atoms. The van der Waals surface area contributed by atoms with Crippen molar-refractivity contribution >= 4 is 11.8 Å². The van der Waals surface area contributed by atoms with Gasteiger partial charge in [0.15, 0.2) is 0 Å². The zero-order valence-corrected chi connectivity index (χ0v) is 12.7. The van der Waals surface area contributed by atoms with Crippen LogP contribution in [0.15, 0.2) is 0 Å². The van der Waals surface area contributed by atoms with Crippen molar-refractivity contribution in [2.24, 2.45) is 11.7 Å². The Morgan fingerprint density at radius 3 is 2.40 bits per heavy atom. The largest absolute Gasteiger partial charge is 0.356 e. The van der Waals surface area contributed by atoms with Gasteiger partial charge < -0.3 is 16.0 Å². The van der Waals surface area contributed by atoms with Gasteiger partial charge >= 0.3 is 0 Å². The quantitative estimate of drug-likeness (QED) is 0.659. The fourth-order valence-electron chi connectivity index (χ4n) is 2.64. The second-order valence-electron chi connectivity index (χ2n) is 5.50. The smallest absolute Gasteiger partial charge is 0.223 e. The average molecular weight is 283 g/mol. The summed E-state index contributed by atoms with van der Waals surface area (Å²) in [5, 5.41) is 2.86. The zero-order valence-electron chi connectivity index (χ0n) is 12.7. The van der Waals surface area contributed by atoms with Gasteiger partial charge in [0.25, 0.3) is 0 Å². The van der Waals surface area contributed by atoms with E-state index in [1.54, 1.807) is 0 Å². The molecule has 5 nitrogen and oxygen atoms in total. The summed E-state index contributed by atoms with van der Waals surface area (Å²) in [6, 6.07) is 0. The summed E-state index contributed by atoms with van der Waals surface area (Å²) in [6.07, 6.45) is 6.43. The van der Waals surface area contributed by atoms with Gasteiger partial charge in [-0.3, -0.25) is 9.59 Å². The lowest BCUT2D eigenvalue weighted by Crippen LogP contribution is -2.42. The Morgan fingerprint density at radius 1 is 1.15 bits per heavy atom. The molecule has 1 aliphatic heterocycles. The number of carbonyl (C=O) groups excluding carboxylic acids is 2. The van der Waals surface area contributed by atoms with Crippen LogP contribution in [-0.4, -0.2) is 42.9 Å². The van der Waals surface area contributed by atoms with E-state index in [1.165, 1.54) is 0 Å². The third-order valence-corrected chi connectivity index (χ3v) is 3.91. The summed E-state index contributed by atoms with van der Waals surface area (Å²) < 4.78 is 0. The highest BCUT2D eigenvalue weighted by atomic mass is 16.2. The summed E-state index contributed by atoms with van der Waals surface area (Å²) in [6.45, 7) is 4.80. The molecule has 1 fully saturated rings. The second-order valence-corrected chi connectivity index (χ2v) is 5.50. The van der Waals surface area contributed by atoms with Crippen molar-refractivity contribution in [1.82, 2.24) is 10.2 Å². The molecular formula is C15H29N3O2. The van der Waals surface area contributed by atoms with E-state index in [9.17, 15) is 9.59 Å². The summed E-state index contributed by atoms with van der Waals surface area (Å²) >= 11 is 0. The highest BCUT2D eigenvalue weighted by molar-refractivity contribution is 5.80. The molecule has 0 aromatic carbocycles. The van der Waals surface area contributed by atoms with Gasteiger partial charge in [0.05, 0.1) is 0 Å². The number of hydrogen-bond acceptors (Lipinski definition) is 3. The number of unbranched alkanes of at least 4 members (excludes halogenated alkanes) is 3. The van der Waals surface area contributed by atoms with Crippen molar-refractivity contribution in [1.29, 1.82) is 0 Å². The van der Waals surface area contributed by atoms with Gasteiger partial charge in [0.2, 0.25) is 11.8 Å². The monoisotopic (exact) mass is 283 g/mol. The standard InChI is InChI=1S/C15H29N3O2/c1-2-17-15(20)13-8-11-18(12-9-13)14(19)7-5-3-4-6-10-16/h13H,2-12,16H2,1H3,(H,17,20). The summed E-state index contributed by atoms with van der Waals surface area (Å²) in [5.41, 5.74) is 5.44. The molecule has 0 unspecified atom stereocenters. The van der Waals surface area contributed by atoms with Crippen molar-refractivity contribution in [3.63, 3.8) is 0 Å². The first-order chi connectivity index (χ1) is 9.69. The van der Waals surface area contributed by atoms with E-state index in [1.807, 2.05) is 11.8 Å². The molecule has 1 saturated heterocycles. The van der Waals surface area contributed by atoms with Crippen LogP contribution in [0.5, 0.6) is 0 Å². The number of hydrogen-bond donors (Lipinski definition) is 2. The minimum absolute atomic E-state index is 0.0866. The predicted molar refractivity (Wildman–Crippen MR) is 80.1 cm³/mol. The highest BCUT2D eigenvalue weighted by Crippen LogP contribution is 2.18. The van der Waals surface area contributed by atoms with E-state index >= 15 is 0 Å². The molecule has 0 radical (unpaired) electrons. The molecule has 0 spiro atoms. The van der Waals surface area contributed by atoms with Crippen molar-refractivity contribution in [2.45, 2.75) is 51.9 Å². The van der Waals surface area contributed by atoms with Crippen molar-refractivity contribution < 1.29 is 9.59 Å². The molecule has 0 aromatic heterocycles. The molecule has 1 rings (SSSR count). The third-order valence-electron chi connectivity index (χ3n) is 3.91. The first-order valence-electron chi connectivity index (χ1n) is 7.94. The van der Waals surface area contributed by atoms with Crippen LogP contribution in [0.1, 0.15) is 51.9 Å². The van der Waals surface area contributed by atoms with E-state index in [2.05, 4.69) is 5.32 Å². The average Bonchev–Trinajstić information content (AvgIpc) is 2.47. The van der Waals surface area contributed by atoms with Gasteiger partial charge in [-0.05, 0) is 39.2 Å². The Bertz CT molecular complexity index is 299. The maximum Gasteiger partial charge on any atom is 0.223 e. The van der Waals surface area contributed by atoms with Crippen molar-refractivity contribution in [3.8, 4) is 0 Å². The molecule has 20 heavy (non-hydrogen) atoms. The molecule has 0 aromatic rings. The van der Waals surface area contributed by atoms with Gasteiger partial charge in [-0.15, -0.1) is 0 Å². The fraction of sp³-hybridized carbons (Fsp3) is 0.867. The van der Waals surface area contributed by atoms with Crippen LogP contribution >= 0.6 is 0 Å². The maximum atomic E-state index is 12.0. The Morgan fingerprint density at radius 2 is 1.80 bits per heavy atom. The topological polar surface area (TPSA) is 75.4 Å². The Kier molecular flexibility index (Phi) is 8.26. The van der Waals surface area contributed by atoms with Gasteiger partial charge in [-0.25, -0.2) is 0 Å². The van der Waals surface area contributed by atoms with Crippen molar-refractivity contribution in [2.75, 3.05) is 26.2 Å². The summed E-state index contributed by atoms with van der Waals surface area (Å²) in [5.74, 6) is 0.469. The lowest BCUT2D eigenvalue weighted by molar-refractivity contribution is -0.135. The molecule has 5 heteroatoms. The molecule has 1 heterocycles. The Labute approximate surface area is 122 Å². The molecule has 3 N–H and O–H groups in total. The van der Waals surface area contributed by atoms with Crippen LogP contribution in [0.25, 0.3) is 0 Å². The minimum atomic E-state index is 0.0866. The number of likely N-dealkylation sites (tertiary alicyclic amines) is 1. The van der Waals surface area contributed by atoms with Gasteiger partial charge in [0, 0.05) is 32.0 Å². The van der Waals surface area contributed by atoms with Crippen LogP contribution in [0.3, 0.4) is 0 Å². The summed E-state index contributed by atoms with van der Waals surface area (Å²) in [4.78, 5) is 25.7. The van der Waals surface area contributed by atoms with E-state index in [4.69, 9.17) is 5.73 Å². The Balaban J connectivity index is 2.17. The predicted octanol–water partition coefficient (Wildman–Crippen LogP) is 1.27. The number of piperidine rings is 1. The fourth-order valence-corrected chi connectivity index (χ4v) is 2.64. The molecular weight excluding hydrogens is 254 g/mol. The summed E-state index contributed by atoms with van der Waals surface area (Å²) in [7, 11) is 0. The third kappa shape index (κ3) is 5.90. The Hall–Kier alpha value is -1.10. The first kappa shape index (κ1) is 17.0. The van der Waals surface area contributed by atoms with Crippen molar-refractivity contribution in [3.05, 3.63) is 0 Å². The van der Waals surface area contributed by atoms with Gasteiger partial charge in [0.1, 0.15) is 0 Å². The van der Waals surface area contributed by atoms with E-state index < -0.39 is 0 Å². The van der Waals surface area contributed by atoms with E-state index in [-0.39, 0.29) is 17.7 Å². The van der Waals surface area contributed by atoms with Crippen LogP contribution < -0.4 is 11.1 Å². The van der Waals surface area contributed by atoms with E-state index in [0.717, 1.165) is 58.2 Å². The van der Waals surface area contributed by atoms with Crippen LogP contribution in [0.2, 0.25) is 0 Å². The number of nitrogens with zero attached hydrogens (tertiary/aromatic N) is 1. The molecule has 0 aliphatic carbocycles. The highest BCUT2D eigenvalue weighted by Gasteiger charge is 2.26.